The summed E-state index contributed by atoms with van der Waals surface area (Å²) in [7, 11) is 0. The summed E-state index contributed by atoms with van der Waals surface area (Å²) >= 11 is 0. The van der Waals surface area contributed by atoms with Crippen LogP contribution in [0.2, 0.25) is 0 Å². The Morgan fingerprint density at radius 2 is 1.89 bits per heavy atom. The highest BCUT2D eigenvalue weighted by Crippen LogP contribution is 2.14. The summed E-state index contributed by atoms with van der Waals surface area (Å²) in [5.41, 5.74) is 0. The zero-order valence-corrected chi connectivity index (χ0v) is 11.2. The van der Waals surface area contributed by atoms with Crippen molar-refractivity contribution in [2.75, 3.05) is 39.3 Å². The maximum atomic E-state index is 12.3. The van der Waals surface area contributed by atoms with Gasteiger partial charge in [-0.05, 0) is 19.4 Å². The van der Waals surface area contributed by atoms with Gasteiger partial charge in [-0.15, -0.1) is 0 Å². The summed E-state index contributed by atoms with van der Waals surface area (Å²) in [6.07, 6.45) is 2.41. The van der Waals surface area contributed by atoms with E-state index in [9.17, 15) is 9.59 Å². The highest BCUT2D eigenvalue weighted by molar-refractivity contribution is 5.80. The minimum Gasteiger partial charge on any atom is -0.341 e. The first-order valence-electron chi connectivity index (χ1n) is 6.99. The number of nitrogens with one attached hydrogen (secondary N) is 1. The van der Waals surface area contributed by atoms with Crippen molar-refractivity contribution in [2.24, 2.45) is 5.92 Å². The number of nitrogens with zero attached hydrogens (tertiary/aromatic N) is 2. The van der Waals surface area contributed by atoms with E-state index >= 15 is 0 Å². The first-order valence-corrected chi connectivity index (χ1v) is 6.99. The summed E-state index contributed by atoms with van der Waals surface area (Å²) < 4.78 is 0. The van der Waals surface area contributed by atoms with E-state index in [1.54, 1.807) is 0 Å². The Balaban J connectivity index is 1.88. The minimum atomic E-state index is 0.151. The van der Waals surface area contributed by atoms with Crippen molar-refractivity contribution in [3.63, 3.8) is 0 Å². The fourth-order valence-electron chi connectivity index (χ4n) is 2.73. The van der Waals surface area contributed by atoms with Crippen LogP contribution in [0.15, 0.2) is 0 Å². The van der Waals surface area contributed by atoms with Crippen LogP contribution in [-0.2, 0) is 9.59 Å². The Morgan fingerprint density at radius 3 is 2.56 bits per heavy atom. The fraction of sp³-hybridized carbons (Fsp3) is 0.846. The molecule has 1 atom stereocenters. The van der Waals surface area contributed by atoms with Gasteiger partial charge in [0.2, 0.25) is 11.8 Å². The monoisotopic (exact) mass is 253 g/mol. The van der Waals surface area contributed by atoms with Crippen molar-refractivity contribution < 1.29 is 9.59 Å². The lowest BCUT2D eigenvalue weighted by atomic mass is 10.1. The first-order chi connectivity index (χ1) is 8.72. The third-order valence-corrected chi connectivity index (χ3v) is 3.87. The van der Waals surface area contributed by atoms with Crippen molar-refractivity contribution in [1.29, 1.82) is 0 Å². The number of hydrogen-bond donors (Lipinski definition) is 1. The molecule has 2 rings (SSSR count). The molecule has 5 nitrogen and oxygen atoms in total. The highest BCUT2D eigenvalue weighted by atomic mass is 16.2. The summed E-state index contributed by atoms with van der Waals surface area (Å²) in [6.45, 7) is 6.62. The van der Waals surface area contributed by atoms with E-state index in [0.29, 0.717) is 19.5 Å². The van der Waals surface area contributed by atoms with Crippen LogP contribution in [0.3, 0.4) is 0 Å². The van der Waals surface area contributed by atoms with E-state index < -0.39 is 0 Å². The van der Waals surface area contributed by atoms with Crippen LogP contribution in [0.25, 0.3) is 0 Å². The highest BCUT2D eigenvalue weighted by Gasteiger charge is 2.28. The van der Waals surface area contributed by atoms with Crippen molar-refractivity contribution in [3.8, 4) is 0 Å². The molecule has 2 saturated heterocycles. The van der Waals surface area contributed by atoms with Crippen LogP contribution in [-0.4, -0.2) is 60.9 Å². The first kappa shape index (κ1) is 13.3. The van der Waals surface area contributed by atoms with Crippen molar-refractivity contribution in [3.05, 3.63) is 0 Å². The summed E-state index contributed by atoms with van der Waals surface area (Å²) in [4.78, 5) is 27.8. The topological polar surface area (TPSA) is 52.7 Å². The Hall–Kier alpha value is -1.10. The van der Waals surface area contributed by atoms with E-state index in [0.717, 1.165) is 39.0 Å². The van der Waals surface area contributed by atoms with Gasteiger partial charge in [-0.2, -0.15) is 0 Å². The molecule has 0 aromatic rings. The molecule has 0 aromatic heterocycles. The van der Waals surface area contributed by atoms with Crippen LogP contribution in [0.4, 0.5) is 0 Å². The molecule has 0 radical (unpaired) electrons. The molecule has 2 fully saturated rings. The normalized spacial score (nSPS) is 25.1. The van der Waals surface area contributed by atoms with Crippen LogP contribution in [0.5, 0.6) is 0 Å². The molecule has 2 aliphatic heterocycles. The molecule has 102 valence electrons. The molecule has 2 aliphatic rings. The van der Waals surface area contributed by atoms with Gasteiger partial charge >= 0.3 is 0 Å². The predicted octanol–water partition coefficient (Wildman–Crippen LogP) is 0.0668. The van der Waals surface area contributed by atoms with Gasteiger partial charge in [0.25, 0.3) is 0 Å². The molecule has 0 bridgehead atoms. The van der Waals surface area contributed by atoms with Crippen LogP contribution in [0, 0.1) is 5.92 Å². The van der Waals surface area contributed by atoms with Crippen molar-refractivity contribution >= 4 is 11.8 Å². The standard InChI is InChI=1S/C13H23N3O2/c1-2-12(17)15-6-3-7-16(9-8-15)13(18)11-4-5-14-10-11/h11,14H,2-10H2,1H3. The molecule has 2 amide bonds. The lowest BCUT2D eigenvalue weighted by Crippen LogP contribution is -2.40. The average Bonchev–Trinajstić information content (AvgIpc) is 2.81. The SMILES string of the molecule is CCC(=O)N1CCCN(C(=O)C2CCNC2)CC1. The van der Waals surface area contributed by atoms with Crippen molar-refractivity contribution in [2.45, 2.75) is 26.2 Å². The van der Waals surface area contributed by atoms with Crippen molar-refractivity contribution in [1.82, 2.24) is 15.1 Å². The van der Waals surface area contributed by atoms with Gasteiger partial charge < -0.3 is 15.1 Å². The number of amides is 2. The predicted molar refractivity (Wildman–Crippen MR) is 69.0 cm³/mol. The number of carbonyl (C=O) groups is 2. The van der Waals surface area contributed by atoms with E-state index in [2.05, 4.69) is 5.32 Å². The van der Waals surface area contributed by atoms with Gasteiger partial charge in [0.15, 0.2) is 0 Å². The fourth-order valence-corrected chi connectivity index (χ4v) is 2.73. The van der Waals surface area contributed by atoms with Gasteiger partial charge in [-0.25, -0.2) is 0 Å². The third kappa shape index (κ3) is 3.02. The second-order valence-electron chi connectivity index (χ2n) is 5.10. The molecule has 5 heteroatoms. The lowest BCUT2D eigenvalue weighted by Gasteiger charge is -2.24. The Kier molecular flexibility index (Phi) is 4.58. The van der Waals surface area contributed by atoms with E-state index in [-0.39, 0.29) is 17.7 Å². The Bertz CT molecular complexity index is 313. The third-order valence-electron chi connectivity index (χ3n) is 3.87. The number of carbonyl (C=O) groups excluding carboxylic acids is 2. The Labute approximate surface area is 108 Å². The van der Waals surface area contributed by atoms with Crippen LogP contribution in [0.1, 0.15) is 26.2 Å². The van der Waals surface area contributed by atoms with E-state index in [4.69, 9.17) is 0 Å². The molecule has 0 aromatic carbocycles. The zero-order valence-electron chi connectivity index (χ0n) is 11.2. The van der Waals surface area contributed by atoms with Crippen LogP contribution < -0.4 is 5.32 Å². The lowest BCUT2D eigenvalue weighted by molar-refractivity contribution is -0.135. The van der Waals surface area contributed by atoms with E-state index in [1.165, 1.54) is 0 Å². The smallest absolute Gasteiger partial charge is 0.227 e. The molecular formula is C13H23N3O2. The van der Waals surface area contributed by atoms with Gasteiger partial charge in [-0.3, -0.25) is 9.59 Å². The molecule has 0 aliphatic carbocycles. The molecule has 0 spiro atoms. The Morgan fingerprint density at radius 1 is 1.17 bits per heavy atom. The molecular weight excluding hydrogens is 230 g/mol. The number of hydrogen-bond acceptors (Lipinski definition) is 3. The zero-order chi connectivity index (χ0) is 13.0. The molecule has 18 heavy (non-hydrogen) atoms. The second-order valence-corrected chi connectivity index (χ2v) is 5.10. The number of rotatable bonds is 2. The summed E-state index contributed by atoms with van der Waals surface area (Å²) in [5.74, 6) is 0.621. The minimum absolute atomic E-state index is 0.151. The second kappa shape index (κ2) is 6.18. The maximum absolute atomic E-state index is 12.3. The summed E-state index contributed by atoms with van der Waals surface area (Å²) in [5, 5.41) is 3.23. The van der Waals surface area contributed by atoms with Gasteiger partial charge in [0.1, 0.15) is 0 Å². The van der Waals surface area contributed by atoms with Gasteiger partial charge in [0, 0.05) is 39.1 Å². The maximum Gasteiger partial charge on any atom is 0.227 e. The van der Waals surface area contributed by atoms with Gasteiger partial charge in [0.05, 0.1) is 5.92 Å². The molecule has 0 saturated carbocycles. The molecule has 1 unspecified atom stereocenters. The van der Waals surface area contributed by atoms with Gasteiger partial charge in [-0.1, -0.05) is 6.92 Å². The molecule has 1 N–H and O–H groups in total. The quantitative estimate of drug-likeness (QED) is 0.757. The summed E-state index contributed by atoms with van der Waals surface area (Å²) in [6, 6.07) is 0. The molecule has 2 heterocycles. The van der Waals surface area contributed by atoms with Crippen LogP contribution >= 0.6 is 0 Å². The van der Waals surface area contributed by atoms with E-state index in [1.807, 2.05) is 16.7 Å². The largest absolute Gasteiger partial charge is 0.341 e. The average molecular weight is 253 g/mol.